The van der Waals surface area contributed by atoms with Crippen LogP contribution < -0.4 is 5.32 Å². The molecule has 0 fully saturated rings. The van der Waals surface area contributed by atoms with Gasteiger partial charge in [0, 0.05) is 6.92 Å². The zero-order chi connectivity index (χ0) is 15.8. The van der Waals surface area contributed by atoms with E-state index in [-0.39, 0.29) is 0 Å². The average molecular weight is 309 g/mol. The van der Waals surface area contributed by atoms with E-state index >= 15 is 0 Å². The Kier molecular flexibility index (Phi) is 8.70. The van der Waals surface area contributed by atoms with Crippen LogP contribution in [0.4, 0.5) is 13.2 Å². The summed E-state index contributed by atoms with van der Waals surface area (Å²) >= 11 is -2.23. The van der Waals surface area contributed by atoms with Crippen molar-refractivity contribution >= 4 is 28.9 Å². The fraction of sp³-hybridized carbons (Fsp3) is 0.571. The molecule has 2 atom stereocenters. The number of hydrogen-bond donors (Lipinski definition) is 4. The Morgan fingerprint density at radius 2 is 1.63 bits per heavy atom. The number of nitrogens with one attached hydrogen (secondary N) is 1. The molecular formula is C7H10F3NO7S. The lowest BCUT2D eigenvalue weighted by Crippen LogP contribution is -2.43. The Hall–Kier alpha value is -1.69. The van der Waals surface area contributed by atoms with Gasteiger partial charge >= 0.3 is 18.1 Å². The van der Waals surface area contributed by atoms with Gasteiger partial charge in [-0.3, -0.25) is 4.79 Å². The molecule has 4 N–H and O–H groups in total. The number of halogens is 3. The molecule has 1 unspecified atom stereocenters. The van der Waals surface area contributed by atoms with Gasteiger partial charge in [0.15, 0.2) is 11.1 Å². The molecule has 0 bridgehead atoms. The van der Waals surface area contributed by atoms with E-state index in [9.17, 15) is 27.0 Å². The maximum absolute atomic E-state index is 10.6. The van der Waals surface area contributed by atoms with Crippen LogP contribution in [0.15, 0.2) is 0 Å². The van der Waals surface area contributed by atoms with Crippen LogP contribution in [0.25, 0.3) is 0 Å². The van der Waals surface area contributed by atoms with E-state index in [0.717, 1.165) is 6.92 Å². The van der Waals surface area contributed by atoms with Gasteiger partial charge in [0.2, 0.25) is 5.91 Å². The van der Waals surface area contributed by atoms with E-state index in [4.69, 9.17) is 19.6 Å². The molecule has 0 heterocycles. The lowest BCUT2D eigenvalue weighted by atomic mass is 10.3. The summed E-state index contributed by atoms with van der Waals surface area (Å²) in [6.45, 7) is 1.14. The Morgan fingerprint density at radius 1 is 1.26 bits per heavy atom. The average Bonchev–Trinajstić information content (AvgIpc) is 2.14. The molecule has 19 heavy (non-hydrogen) atoms. The molecule has 12 heteroatoms. The lowest BCUT2D eigenvalue weighted by molar-refractivity contribution is -0.192. The third kappa shape index (κ3) is 12.6. The van der Waals surface area contributed by atoms with Gasteiger partial charge in [-0.2, -0.15) is 13.2 Å². The third-order valence-corrected chi connectivity index (χ3v) is 1.85. The summed E-state index contributed by atoms with van der Waals surface area (Å²) in [4.78, 5) is 29.6. The van der Waals surface area contributed by atoms with Crippen LogP contribution in [-0.2, 0) is 25.5 Å². The van der Waals surface area contributed by atoms with Crippen molar-refractivity contribution in [1.82, 2.24) is 5.32 Å². The number of rotatable bonds is 4. The van der Waals surface area contributed by atoms with Gasteiger partial charge in [0.1, 0.15) is 6.04 Å². The van der Waals surface area contributed by atoms with E-state index in [0.29, 0.717) is 0 Å². The first kappa shape index (κ1) is 19.6. The smallest absolute Gasteiger partial charge is 0.480 e. The first-order valence-corrected chi connectivity index (χ1v) is 5.53. The summed E-state index contributed by atoms with van der Waals surface area (Å²) in [5.41, 5.74) is 0. The van der Waals surface area contributed by atoms with Crippen molar-refractivity contribution in [2.24, 2.45) is 0 Å². The van der Waals surface area contributed by atoms with Gasteiger partial charge < -0.3 is 20.1 Å². The first-order valence-electron chi connectivity index (χ1n) is 4.25. The van der Waals surface area contributed by atoms with Crippen LogP contribution in [0.1, 0.15) is 6.92 Å². The predicted molar refractivity (Wildman–Crippen MR) is 54.6 cm³/mol. The topological polar surface area (TPSA) is 141 Å². The van der Waals surface area contributed by atoms with Crippen LogP contribution in [0.2, 0.25) is 0 Å². The SMILES string of the molecule is CC(=O)N[C@@H](CS(=O)O)C(=O)O.O=C(O)C(F)(F)F. The van der Waals surface area contributed by atoms with E-state index in [1.165, 1.54) is 0 Å². The van der Waals surface area contributed by atoms with Gasteiger partial charge in [-0.05, 0) is 0 Å². The summed E-state index contributed by atoms with van der Waals surface area (Å²) in [7, 11) is 0. The molecule has 0 aromatic carbocycles. The molecule has 0 radical (unpaired) electrons. The second kappa shape index (κ2) is 8.42. The number of carbonyl (C=O) groups excluding carboxylic acids is 1. The van der Waals surface area contributed by atoms with Crippen LogP contribution in [0.5, 0.6) is 0 Å². The highest BCUT2D eigenvalue weighted by molar-refractivity contribution is 7.79. The highest BCUT2D eigenvalue weighted by Crippen LogP contribution is 2.13. The van der Waals surface area contributed by atoms with Crippen LogP contribution in [0, 0.1) is 0 Å². The Balaban J connectivity index is 0. The number of aliphatic carboxylic acids is 2. The number of carbonyl (C=O) groups is 3. The van der Waals surface area contributed by atoms with Gasteiger partial charge in [-0.25, -0.2) is 13.8 Å². The second-order valence-electron chi connectivity index (χ2n) is 2.88. The van der Waals surface area contributed by atoms with Gasteiger partial charge in [-0.1, -0.05) is 0 Å². The largest absolute Gasteiger partial charge is 0.490 e. The Bertz CT molecular complexity index is 354. The Labute approximate surface area is 106 Å². The maximum Gasteiger partial charge on any atom is 0.490 e. The van der Waals surface area contributed by atoms with Gasteiger partial charge in [0.25, 0.3) is 0 Å². The van der Waals surface area contributed by atoms with Gasteiger partial charge in [0.05, 0.1) is 5.75 Å². The summed E-state index contributed by atoms with van der Waals surface area (Å²) in [5, 5.41) is 17.6. The predicted octanol–water partition coefficient (Wildman–Crippen LogP) is -0.569. The van der Waals surface area contributed by atoms with E-state index in [1.807, 2.05) is 5.32 Å². The zero-order valence-corrected chi connectivity index (χ0v) is 10.1. The molecule has 0 spiro atoms. The molecule has 0 rings (SSSR count). The molecular weight excluding hydrogens is 299 g/mol. The molecule has 8 nitrogen and oxygen atoms in total. The summed E-state index contributed by atoms with van der Waals surface area (Å²) in [5.74, 6) is -5.14. The molecule has 0 aliphatic rings. The maximum atomic E-state index is 10.6. The molecule has 112 valence electrons. The molecule has 0 aromatic heterocycles. The minimum Gasteiger partial charge on any atom is -0.480 e. The lowest BCUT2D eigenvalue weighted by Gasteiger charge is -2.09. The second-order valence-corrected chi connectivity index (χ2v) is 3.86. The summed E-state index contributed by atoms with van der Waals surface area (Å²) in [6.07, 6.45) is -5.08. The molecule has 0 aliphatic heterocycles. The van der Waals surface area contributed by atoms with Crippen LogP contribution >= 0.6 is 0 Å². The Morgan fingerprint density at radius 3 is 1.79 bits per heavy atom. The van der Waals surface area contributed by atoms with Crippen LogP contribution in [0.3, 0.4) is 0 Å². The fourth-order valence-corrected chi connectivity index (χ4v) is 1.07. The van der Waals surface area contributed by atoms with Crippen molar-refractivity contribution in [3.63, 3.8) is 0 Å². The number of carboxylic acids is 2. The highest BCUT2D eigenvalue weighted by Gasteiger charge is 2.38. The van der Waals surface area contributed by atoms with Crippen molar-refractivity contribution in [2.75, 3.05) is 5.75 Å². The first-order chi connectivity index (χ1) is 8.37. The van der Waals surface area contributed by atoms with Crippen molar-refractivity contribution in [3.05, 3.63) is 0 Å². The van der Waals surface area contributed by atoms with E-state index in [2.05, 4.69) is 0 Å². The van der Waals surface area contributed by atoms with Crippen LogP contribution in [-0.4, -0.2) is 54.8 Å². The quantitative estimate of drug-likeness (QED) is 0.509. The van der Waals surface area contributed by atoms with Crippen molar-refractivity contribution in [1.29, 1.82) is 0 Å². The van der Waals surface area contributed by atoms with Crippen molar-refractivity contribution < 1.29 is 46.5 Å². The number of alkyl halides is 3. The summed E-state index contributed by atoms with van der Waals surface area (Å²) < 4.78 is 50.3. The normalized spacial score (nSPS) is 13.5. The van der Waals surface area contributed by atoms with Gasteiger partial charge in [-0.15, -0.1) is 0 Å². The number of amides is 1. The number of hydrogen-bond acceptors (Lipinski definition) is 4. The van der Waals surface area contributed by atoms with E-state index in [1.54, 1.807) is 0 Å². The molecule has 0 aliphatic carbocycles. The zero-order valence-electron chi connectivity index (χ0n) is 9.30. The summed E-state index contributed by atoms with van der Waals surface area (Å²) in [6, 6.07) is -1.30. The van der Waals surface area contributed by atoms with Crippen molar-refractivity contribution in [3.8, 4) is 0 Å². The monoisotopic (exact) mass is 309 g/mol. The van der Waals surface area contributed by atoms with Crippen molar-refractivity contribution in [2.45, 2.75) is 19.1 Å². The molecule has 1 amide bonds. The van der Waals surface area contributed by atoms with E-state index < -0.39 is 46.9 Å². The highest BCUT2D eigenvalue weighted by atomic mass is 32.2. The molecule has 0 aromatic rings. The standard InChI is InChI=1S/C5H9NO5S.C2HF3O2/c1-3(7)6-4(5(8)9)2-12(10)11;3-2(4,5)1(6)7/h4H,2H2,1H3,(H,6,7)(H,8,9)(H,10,11);(H,6,7)/t4-;/m0./s1. The third-order valence-electron chi connectivity index (χ3n) is 1.23. The fourth-order valence-electron chi connectivity index (χ4n) is 0.563. The minimum absolute atomic E-state index is 0.505. The minimum atomic E-state index is -5.08. The number of carboxylic acid groups (broad SMARTS) is 2. The molecule has 0 saturated carbocycles. The molecule has 0 saturated heterocycles.